The predicted molar refractivity (Wildman–Crippen MR) is 283 cm³/mol. The summed E-state index contributed by atoms with van der Waals surface area (Å²) in [6.07, 6.45) is -0.650. The van der Waals surface area contributed by atoms with Crippen molar-refractivity contribution in [1.82, 2.24) is 40.0 Å². The number of carboxylic acid groups (broad SMARTS) is 1. The molecule has 20 heteroatoms. The van der Waals surface area contributed by atoms with Crippen LogP contribution in [0.3, 0.4) is 0 Å². The number of rotatable bonds is 12. The first kappa shape index (κ1) is 61.3. The first-order chi connectivity index (χ1) is 32.8. The van der Waals surface area contributed by atoms with Crippen LogP contribution in [0.1, 0.15) is 60.6 Å². The van der Waals surface area contributed by atoms with Gasteiger partial charge in [0.25, 0.3) is 0 Å². The van der Waals surface area contributed by atoms with Crippen molar-refractivity contribution in [3.05, 3.63) is 137 Å². The fourth-order valence-corrected chi connectivity index (χ4v) is 8.19. The van der Waals surface area contributed by atoms with Crippen molar-refractivity contribution < 1.29 is 34.1 Å². The fourth-order valence-electron chi connectivity index (χ4n) is 8.19. The summed E-state index contributed by atoms with van der Waals surface area (Å²) in [6, 6.07) is 35.0. The Hall–Kier alpha value is -5.83. The molecule has 0 aliphatic carbocycles. The Labute approximate surface area is 431 Å². The number of hydrogen-bond acceptors (Lipinski definition) is 13. The van der Waals surface area contributed by atoms with Crippen molar-refractivity contribution in [2.45, 2.75) is 64.2 Å². The highest BCUT2D eigenvalue weighted by Gasteiger charge is 2.42. The molecule has 5 aliphatic heterocycles. The van der Waals surface area contributed by atoms with Gasteiger partial charge in [-0.25, -0.2) is 9.59 Å². The Balaban J connectivity index is 0.000000316. The van der Waals surface area contributed by atoms with Gasteiger partial charge in [-0.05, 0) is 81.2 Å². The van der Waals surface area contributed by atoms with Crippen molar-refractivity contribution >= 4 is 54.6 Å². The third kappa shape index (κ3) is 19.4. The van der Waals surface area contributed by atoms with Gasteiger partial charge < -0.3 is 40.5 Å². The number of alkyl carbamates (subject to hydrolysis) is 1. The Bertz CT molecular complexity index is 2150. The number of Topliss-reactive ketones (excluding diaryl/α,β-unsaturated/α-hetero) is 1. The van der Waals surface area contributed by atoms with Crippen molar-refractivity contribution in [2.75, 3.05) is 81.4 Å². The lowest BCUT2D eigenvalue weighted by atomic mass is 9.67. The Morgan fingerprint density at radius 2 is 1.25 bits per heavy atom. The summed E-state index contributed by atoms with van der Waals surface area (Å²) in [5, 5.41) is 36.1. The number of cyclic esters (lactones) is 1. The number of guanidine groups is 2. The Morgan fingerprint density at radius 3 is 1.59 bits per heavy atom. The van der Waals surface area contributed by atoms with Crippen LogP contribution in [0, 0.1) is 24.7 Å². The lowest BCUT2D eigenvalue weighted by Gasteiger charge is -2.56. The molecule has 1 amide bonds. The number of halogens is 2. The van der Waals surface area contributed by atoms with Crippen molar-refractivity contribution in [2.24, 2.45) is 5.73 Å². The molecule has 4 aromatic carbocycles. The first-order valence-corrected chi connectivity index (χ1v) is 23.0. The molecular formula is C51H75Cl2N11O7. The highest BCUT2D eigenvalue weighted by Crippen LogP contribution is 2.39. The van der Waals surface area contributed by atoms with Gasteiger partial charge in [0, 0.05) is 26.6 Å². The summed E-state index contributed by atoms with van der Waals surface area (Å²) in [5.74, 6) is -0.226. The fraction of sp³-hybridized carbons (Fsp3) is 0.431. The standard InChI is InChI=1S/C21H27NO.C12H15NO3.C8H8O3.C6H12N4.C4H11N5.2ClH/c1-5-20(23)21(16-17(2)22(3)4,18-12-8-6-9-13-18)19-14-10-7-11-15-19;1-8-3-9(2)5-10(4-8)15-7-11-6-13-12(14)16-11;9-7(8(10)11)6-4-2-1-3-5-6;1-7-2-9-4-8(1)5-10(3-7)6-9;1-9(2)4(7)8-3(5)6;;/h6-15,17H,5,16H2,1-4H3;3-5,11H,6-7H2,1-2H3,(H,13,14);1-5,7,9H,(H,10,11);1-6H2;1-2H3,(H5,5,6,7,8);2*1H. The van der Waals surface area contributed by atoms with Crippen LogP contribution in [0.15, 0.2) is 109 Å². The molecule has 5 fully saturated rings. The van der Waals surface area contributed by atoms with Crippen molar-refractivity contribution in [3.8, 4) is 5.75 Å². The second-order valence-corrected chi connectivity index (χ2v) is 17.9. The summed E-state index contributed by atoms with van der Waals surface area (Å²) in [7, 11) is 7.53. The molecule has 0 radical (unpaired) electrons. The number of carbonyl (C=O) groups is 3. The van der Waals surface area contributed by atoms with Gasteiger partial charge in [0.1, 0.15) is 18.1 Å². The summed E-state index contributed by atoms with van der Waals surface area (Å²) in [6.45, 7) is 16.2. The molecule has 4 bridgehead atoms. The average molecular weight is 1030 g/mol. The third-order valence-electron chi connectivity index (χ3n) is 11.6. The molecule has 390 valence electrons. The maximum atomic E-state index is 13.2. The molecule has 3 unspecified atom stereocenters. The quantitative estimate of drug-likeness (QED) is 0.0670. The predicted octanol–water partition coefficient (Wildman–Crippen LogP) is 5.68. The summed E-state index contributed by atoms with van der Waals surface area (Å²) >= 11 is 0. The van der Waals surface area contributed by atoms with Gasteiger partial charge in [0.15, 0.2) is 24.1 Å². The van der Waals surface area contributed by atoms with Crippen molar-refractivity contribution in [3.63, 3.8) is 0 Å². The molecule has 5 heterocycles. The van der Waals surface area contributed by atoms with E-state index < -0.39 is 17.5 Å². The topological polar surface area (TPSA) is 227 Å². The van der Waals surface area contributed by atoms with Gasteiger partial charge in [-0.3, -0.25) is 40.5 Å². The van der Waals surface area contributed by atoms with Crippen LogP contribution < -0.4 is 21.1 Å². The van der Waals surface area contributed by atoms with E-state index in [1.807, 2.05) is 69.3 Å². The number of aliphatic carboxylic acids is 1. The van der Waals surface area contributed by atoms with Crippen LogP contribution in [-0.4, -0.2) is 163 Å². The second kappa shape index (κ2) is 30.1. The zero-order valence-electron chi connectivity index (χ0n) is 42.2. The minimum atomic E-state index is -1.41. The van der Waals surface area contributed by atoms with Gasteiger partial charge in [-0.15, -0.1) is 24.8 Å². The number of hydrogen-bond donors (Lipinski definition) is 7. The van der Waals surface area contributed by atoms with E-state index in [1.54, 1.807) is 44.4 Å². The Morgan fingerprint density at radius 1 is 0.817 bits per heavy atom. The number of aliphatic hydroxyl groups excluding tert-OH is 1. The van der Waals surface area contributed by atoms with E-state index in [9.17, 15) is 14.4 Å². The zero-order chi connectivity index (χ0) is 50.7. The lowest BCUT2D eigenvalue weighted by molar-refractivity contribution is -0.194. The molecule has 0 aromatic heterocycles. The van der Waals surface area contributed by atoms with Gasteiger partial charge in [-0.1, -0.05) is 104 Å². The number of nitrogens with two attached hydrogens (primary N) is 1. The first-order valence-electron chi connectivity index (χ1n) is 23.0. The number of nitrogens with zero attached hydrogens (tertiary/aromatic N) is 6. The summed E-state index contributed by atoms with van der Waals surface area (Å²) < 4.78 is 10.6. The van der Waals surface area contributed by atoms with E-state index in [4.69, 9.17) is 36.2 Å². The maximum Gasteiger partial charge on any atom is 0.407 e. The SMILES string of the molecule is C1N2CN3CN1CN(C2)C3.CCC(=O)C(CC(C)N(C)C)(c1ccccc1)c1ccccc1.CN(C)C(=N)NC(=N)N.Cc1cc(C)cc(OCC2CNC(=O)O2)c1.Cl.Cl.O=C(O)C(O)c1ccccc1. The number of amides is 1. The summed E-state index contributed by atoms with van der Waals surface area (Å²) in [4.78, 5) is 47.8. The smallest absolute Gasteiger partial charge is 0.407 e. The Kier molecular flexibility index (Phi) is 26.0. The van der Waals surface area contributed by atoms with E-state index >= 15 is 0 Å². The molecule has 8 N–H and O–H groups in total. The van der Waals surface area contributed by atoms with Crippen LogP contribution in [0.4, 0.5) is 4.79 Å². The minimum Gasteiger partial charge on any atom is -0.490 e. The van der Waals surface area contributed by atoms with Crippen molar-refractivity contribution in [1.29, 1.82) is 10.8 Å². The van der Waals surface area contributed by atoms with E-state index in [2.05, 4.69) is 86.5 Å². The number of benzene rings is 4. The average Bonchev–Trinajstić information content (AvgIpc) is 3.74. The molecule has 3 atom stereocenters. The van der Waals surface area contributed by atoms with Gasteiger partial charge in [0.05, 0.1) is 52.0 Å². The van der Waals surface area contributed by atoms with Crippen LogP contribution in [-0.2, 0) is 19.7 Å². The van der Waals surface area contributed by atoms with E-state index in [1.165, 1.54) is 44.9 Å². The van der Waals surface area contributed by atoms with Gasteiger partial charge in [-0.2, -0.15) is 0 Å². The van der Waals surface area contributed by atoms with Gasteiger partial charge >= 0.3 is 12.1 Å². The van der Waals surface area contributed by atoms with Crippen LogP contribution in [0.5, 0.6) is 5.75 Å². The molecule has 0 saturated carbocycles. The molecule has 9 rings (SSSR count). The molecule has 5 saturated heterocycles. The van der Waals surface area contributed by atoms with Crippen LogP contribution in [0.25, 0.3) is 0 Å². The highest BCUT2D eigenvalue weighted by atomic mass is 35.5. The summed E-state index contributed by atoms with van der Waals surface area (Å²) in [5.41, 5.74) is 9.26. The maximum absolute atomic E-state index is 13.2. The number of ether oxygens (including phenoxy) is 2. The monoisotopic (exact) mass is 1020 g/mol. The number of nitrogens with one attached hydrogen (secondary N) is 4. The molecule has 0 spiro atoms. The number of aliphatic hydroxyl groups is 1. The normalized spacial score (nSPS) is 19.6. The van der Waals surface area contributed by atoms with E-state index in [-0.39, 0.29) is 54.7 Å². The van der Waals surface area contributed by atoms with Gasteiger partial charge in [0.2, 0.25) is 0 Å². The number of carboxylic acids is 1. The molecule has 4 aromatic rings. The lowest BCUT2D eigenvalue weighted by Crippen LogP contribution is -2.71. The van der Waals surface area contributed by atoms with E-state index in [0.29, 0.717) is 31.2 Å². The number of ketones is 1. The molecule has 5 aliphatic rings. The number of aryl methyl sites for hydroxylation is 2. The second-order valence-electron chi connectivity index (χ2n) is 17.9. The largest absolute Gasteiger partial charge is 0.490 e. The van der Waals surface area contributed by atoms with E-state index in [0.717, 1.165) is 34.4 Å². The highest BCUT2D eigenvalue weighted by molar-refractivity contribution is 5.95. The minimum absolute atomic E-state index is 0. The van der Waals surface area contributed by atoms with Crippen LogP contribution >= 0.6 is 24.8 Å². The zero-order valence-corrected chi connectivity index (χ0v) is 43.8. The molecular weight excluding hydrogens is 950 g/mol. The van der Waals surface area contributed by atoms with Crippen LogP contribution in [0.2, 0.25) is 0 Å². The molecule has 18 nitrogen and oxygen atoms in total. The number of carbonyl (C=O) groups excluding carboxylic acids is 2. The molecule has 71 heavy (non-hydrogen) atoms. The third-order valence-corrected chi connectivity index (χ3v) is 11.6.